The van der Waals surface area contributed by atoms with Crippen molar-refractivity contribution in [1.82, 2.24) is 0 Å². The molecule has 0 saturated heterocycles. The van der Waals surface area contributed by atoms with Crippen LogP contribution in [-0.4, -0.2) is 18.5 Å². The first-order valence-electron chi connectivity index (χ1n) is 7.27. The van der Waals surface area contributed by atoms with Crippen LogP contribution < -0.4 is 10.6 Å². The molecule has 19 heavy (non-hydrogen) atoms. The van der Waals surface area contributed by atoms with Gasteiger partial charge in [0.05, 0.1) is 0 Å². The molecule has 0 bridgehead atoms. The molecule has 0 spiro atoms. The molecule has 1 aromatic rings. The second-order valence-corrected chi connectivity index (χ2v) is 5.54. The number of hydrogen-bond donors (Lipinski definition) is 1. The van der Waals surface area contributed by atoms with Gasteiger partial charge in [-0.3, -0.25) is 4.79 Å². The summed E-state index contributed by atoms with van der Waals surface area (Å²) in [6.45, 7) is 4.92. The molecule has 1 aliphatic rings. The van der Waals surface area contributed by atoms with E-state index in [1.54, 1.807) is 0 Å². The minimum Gasteiger partial charge on any atom is -0.326 e. The molecular formula is C16H24N2O. The van der Waals surface area contributed by atoms with Crippen molar-refractivity contribution in [2.24, 2.45) is 11.7 Å². The smallest absolute Gasteiger partial charge is 0.227 e. The van der Waals surface area contributed by atoms with Crippen LogP contribution in [0.5, 0.6) is 0 Å². The number of aryl methyl sites for hydroxylation is 1. The zero-order chi connectivity index (χ0) is 13.8. The highest BCUT2D eigenvalue weighted by atomic mass is 16.2. The van der Waals surface area contributed by atoms with Crippen LogP contribution in [0.2, 0.25) is 0 Å². The fourth-order valence-electron chi connectivity index (χ4n) is 2.58. The third-order valence-corrected chi connectivity index (χ3v) is 4.19. The van der Waals surface area contributed by atoms with E-state index in [2.05, 4.69) is 19.9 Å². The molecule has 0 radical (unpaired) electrons. The van der Waals surface area contributed by atoms with Gasteiger partial charge in [-0.1, -0.05) is 38.5 Å². The van der Waals surface area contributed by atoms with E-state index >= 15 is 0 Å². The summed E-state index contributed by atoms with van der Waals surface area (Å²) < 4.78 is 0. The van der Waals surface area contributed by atoms with Crippen LogP contribution >= 0.6 is 0 Å². The Morgan fingerprint density at radius 2 is 2.05 bits per heavy atom. The zero-order valence-corrected chi connectivity index (χ0v) is 11.9. The zero-order valence-electron chi connectivity index (χ0n) is 11.9. The van der Waals surface area contributed by atoms with Gasteiger partial charge in [-0.05, 0) is 30.4 Å². The molecule has 1 aromatic carbocycles. The molecule has 104 valence electrons. The van der Waals surface area contributed by atoms with Crippen LogP contribution in [0.15, 0.2) is 24.3 Å². The Bertz CT molecular complexity index is 444. The van der Waals surface area contributed by atoms with Gasteiger partial charge in [0.15, 0.2) is 0 Å². The van der Waals surface area contributed by atoms with Crippen molar-refractivity contribution in [2.45, 2.75) is 45.6 Å². The van der Waals surface area contributed by atoms with Gasteiger partial charge in [0.1, 0.15) is 0 Å². The van der Waals surface area contributed by atoms with Crippen molar-refractivity contribution in [3.8, 4) is 0 Å². The van der Waals surface area contributed by atoms with Crippen LogP contribution in [0, 0.1) is 5.92 Å². The predicted octanol–water partition coefficient (Wildman–Crippen LogP) is 2.73. The maximum Gasteiger partial charge on any atom is 0.227 e. The first-order valence-corrected chi connectivity index (χ1v) is 7.27. The number of hydrogen-bond acceptors (Lipinski definition) is 2. The topological polar surface area (TPSA) is 46.3 Å². The summed E-state index contributed by atoms with van der Waals surface area (Å²) in [7, 11) is 0. The average Bonchev–Trinajstić information content (AvgIpc) is 2.58. The number of fused-ring (bicyclic) bond motifs is 1. The Labute approximate surface area is 115 Å². The molecule has 2 N–H and O–H groups in total. The highest BCUT2D eigenvalue weighted by Crippen LogP contribution is 2.27. The maximum atomic E-state index is 12.3. The Hall–Kier alpha value is -1.35. The SMILES string of the molecule is CCC(C)C(N)CN1C(=O)CCCc2ccccc21. The third-order valence-electron chi connectivity index (χ3n) is 4.19. The van der Waals surface area contributed by atoms with E-state index in [1.165, 1.54) is 5.56 Å². The van der Waals surface area contributed by atoms with E-state index in [0.717, 1.165) is 24.9 Å². The van der Waals surface area contributed by atoms with Gasteiger partial charge in [0.2, 0.25) is 5.91 Å². The van der Waals surface area contributed by atoms with E-state index in [1.807, 2.05) is 23.1 Å². The van der Waals surface area contributed by atoms with E-state index < -0.39 is 0 Å². The molecule has 0 saturated carbocycles. The minimum absolute atomic E-state index is 0.0418. The summed E-state index contributed by atoms with van der Waals surface area (Å²) in [5, 5.41) is 0. The van der Waals surface area contributed by atoms with Gasteiger partial charge in [0.25, 0.3) is 0 Å². The van der Waals surface area contributed by atoms with Gasteiger partial charge in [-0.15, -0.1) is 0 Å². The summed E-state index contributed by atoms with van der Waals surface area (Å²) in [6, 6.07) is 8.25. The highest BCUT2D eigenvalue weighted by molar-refractivity contribution is 5.94. The lowest BCUT2D eigenvalue weighted by Gasteiger charge is -2.28. The van der Waals surface area contributed by atoms with Crippen molar-refractivity contribution >= 4 is 11.6 Å². The van der Waals surface area contributed by atoms with Gasteiger partial charge >= 0.3 is 0 Å². The van der Waals surface area contributed by atoms with Crippen molar-refractivity contribution in [1.29, 1.82) is 0 Å². The fraction of sp³-hybridized carbons (Fsp3) is 0.562. The molecule has 1 amide bonds. The Balaban J connectivity index is 2.24. The molecule has 0 aromatic heterocycles. The summed E-state index contributed by atoms with van der Waals surface area (Å²) in [4.78, 5) is 14.2. The first-order chi connectivity index (χ1) is 9.13. The number of para-hydroxylation sites is 1. The van der Waals surface area contributed by atoms with Crippen molar-refractivity contribution in [2.75, 3.05) is 11.4 Å². The summed E-state index contributed by atoms with van der Waals surface area (Å²) >= 11 is 0. The van der Waals surface area contributed by atoms with Gasteiger partial charge in [-0.2, -0.15) is 0 Å². The lowest BCUT2D eigenvalue weighted by Crippen LogP contribution is -2.44. The number of nitrogens with zero attached hydrogens (tertiary/aromatic N) is 1. The fourth-order valence-corrected chi connectivity index (χ4v) is 2.58. The molecule has 3 nitrogen and oxygen atoms in total. The van der Waals surface area contributed by atoms with Crippen LogP contribution in [0.4, 0.5) is 5.69 Å². The number of amides is 1. The molecule has 2 atom stereocenters. The number of rotatable bonds is 4. The van der Waals surface area contributed by atoms with E-state index in [-0.39, 0.29) is 11.9 Å². The lowest BCUT2D eigenvalue weighted by molar-refractivity contribution is -0.118. The third kappa shape index (κ3) is 3.16. The van der Waals surface area contributed by atoms with E-state index in [0.29, 0.717) is 18.9 Å². The summed E-state index contributed by atoms with van der Waals surface area (Å²) in [6.07, 6.45) is 3.59. The average molecular weight is 260 g/mol. The van der Waals surface area contributed by atoms with E-state index in [9.17, 15) is 4.79 Å². The van der Waals surface area contributed by atoms with Crippen LogP contribution in [0.3, 0.4) is 0 Å². The molecule has 1 heterocycles. The Morgan fingerprint density at radius 3 is 2.79 bits per heavy atom. The largest absolute Gasteiger partial charge is 0.326 e. The number of carbonyl (C=O) groups is 1. The quantitative estimate of drug-likeness (QED) is 0.904. The van der Waals surface area contributed by atoms with Crippen molar-refractivity contribution < 1.29 is 4.79 Å². The molecule has 0 fully saturated rings. The van der Waals surface area contributed by atoms with Crippen LogP contribution in [-0.2, 0) is 11.2 Å². The molecule has 2 unspecified atom stereocenters. The lowest BCUT2D eigenvalue weighted by atomic mass is 9.99. The second-order valence-electron chi connectivity index (χ2n) is 5.54. The van der Waals surface area contributed by atoms with Gasteiger partial charge < -0.3 is 10.6 Å². The van der Waals surface area contributed by atoms with Gasteiger partial charge in [-0.25, -0.2) is 0 Å². The van der Waals surface area contributed by atoms with Crippen LogP contribution in [0.1, 0.15) is 38.7 Å². The number of nitrogens with two attached hydrogens (primary N) is 1. The molecule has 2 rings (SSSR count). The molecule has 1 aliphatic heterocycles. The molecule has 0 aliphatic carbocycles. The summed E-state index contributed by atoms with van der Waals surface area (Å²) in [5.41, 5.74) is 8.56. The van der Waals surface area contributed by atoms with Gasteiger partial charge in [0, 0.05) is 24.7 Å². The van der Waals surface area contributed by atoms with E-state index in [4.69, 9.17) is 5.73 Å². The number of carbonyl (C=O) groups excluding carboxylic acids is 1. The van der Waals surface area contributed by atoms with Crippen molar-refractivity contribution in [3.05, 3.63) is 29.8 Å². The molecule has 3 heteroatoms. The highest BCUT2D eigenvalue weighted by Gasteiger charge is 2.24. The normalized spacial score (nSPS) is 18.7. The monoisotopic (exact) mass is 260 g/mol. The molecular weight excluding hydrogens is 236 g/mol. The van der Waals surface area contributed by atoms with Crippen molar-refractivity contribution in [3.63, 3.8) is 0 Å². The number of anilines is 1. The summed E-state index contributed by atoms with van der Waals surface area (Å²) in [5.74, 6) is 0.645. The Kier molecular flexibility index (Phi) is 4.59. The minimum atomic E-state index is 0.0418. The number of benzene rings is 1. The van der Waals surface area contributed by atoms with Crippen LogP contribution in [0.25, 0.3) is 0 Å². The second kappa shape index (κ2) is 6.20. The Morgan fingerprint density at radius 1 is 1.32 bits per heavy atom. The maximum absolute atomic E-state index is 12.3. The predicted molar refractivity (Wildman–Crippen MR) is 79.2 cm³/mol. The first kappa shape index (κ1) is 14.1. The standard InChI is InChI=1S/C16H24N2O/c1-3-12(2)14(17)11-18-15-9-5-4-7-13(15)8-6-10-16(18)19/h4-5,7,9,12,14H,3,6,8,10-11,17H2,1-2H3.